The Morgan fingerprint density at radius 3 is 2.57 bits per heavy atom. The number of aryl methyl sites for hydroxylation is 1. The van der Waals surface area contributed by atoms with Crippen LogP contribution in [0.5, 0.6) is 0 Å². The van der Waals surface area contributed by atoms with Crippen LogP contribution in [0.25, 0.3) is 0 Å². The van der Waals surface area contributed by atoms with Crippen LogP contribution in [0.2, 0.25) is 0 Å². The Balaban J connectivity index is 2.03. The quantitative estimate of drug-likeness (QED) is 0.812. The number of nitrogens with zero attached hydrogens (tertiary/aromatic N) is 2. The smallest absolute Gasteiger partial charge is 0.350 e. The van der Waals surface area contributed by atoms with Gasteiger partial charge in [0, 0.05) is 52.0 Å². The summed E-state index contributed by atoms with van der Waals surface area (Å²) in [5, 5.41) is 5.31. The van der Waals surface area contributed by atoms with Crippen LogP contribution < -0.4 is 16.2 Å². The maximum atomic E-state index is 13.2. The van der Waals surface area contributed by atoms with Crippen molar-refractivity contribution in [1.29, 1.82) is 0 Å². The van der Waals surface area contributed by atoms with Crippen molar-refractivity contribution in [3.63, 3.8) is 0 Å². The van der Waals surface area contributed by atoms with Crippen LogP contribution in [0, 0.1) is 0 Å². The second kappa shape index (κ2) is 7.14. The molecule has 128 valence electrons. The molecular formula is C14H19F3N4O2. The standard InChI is InChI=1S/C14H19F3N4O2/c1-20-9-10(2-3-12(20)22)13(23)19-8-11(14(15,16)17)21-6-4-18-5-7-21/h2-3,9,11,18H,4-8H2,1H3,(H,19,23). The van der Waals surface area contributed by atoms with Gasteiger partial charge in [-0.05, 0) is 6.07 Å². The van der Waals surface area contributed by atoms with Crippen LogP contribution in [0.1, 0.15) is 10.4 Å². The normalized spacial score (nSPS) is 17.7. The molecule has 1 unspecified atom stereocenters. The summed E-state index contributed by atoms with van der Waals surface area (Å²) in [6.07, 6.45) is -3.13. The third-order valence-corrected chi connectivity index (χ3v) is 3.77. The van der Waals surface area contributed by atoms with E-state index >= 15 is 0 Å². The lowest BCUT2D eigenvalue weighted by Gasteiger charge is -2.35. The first kappa shape index (κ1) is 17.5. The number of carbonyl (C=O) groups excluding carboxylic acids is 1. The molecule has 1 amide bonds. The van der Waals surface area contributed by atoms with Gasteiger partial charge in [-0.15, -0.1) is 0 Å². The lowest BCUT2D eigenvalue weighted by molar-refractivity contribution is -0.183. The molecule has 0 aliphatic carbocycles. The molecule has 1 saturated heterocycles. The second-order valence-electron chi connectivity index (χ2n) is 5.42. The average Bonchev–Trinajstić information content (AvgIpc) is 2.49. The molecule has 1 aliphatic heterocycles. The van der Waals surface area contributed by atoms with Gasteiger partial charge in [-0.3, -0.25) is 14.5 Å². The Morgan fingerprint density at radius 1 is 1.35 bits per heavy atom. The summed E-state index contributed by atoms with van der Waals surface area (Å²) >= 11 is 0. The third-order valence-electron chi connectivity index (χ3n) is 3.77. The Hall–Kier alpha value is -1.87. The number of alkyl halides is 3. The van der Waals surface area contributed by atoms with Gasteiger partial charge >= 0.3 is 6.18 Å². The first-order valence-electron chi connectivity index (χ1n) is 7.25. The van der Waals surface area contributed by atoms with Crippen molar-refractivity contribution < 1.29 is 18.0 Å². The van der Waals surface area contributed by atoms with Crippen molar-refractivity contribution in [2.24, 2.45) is 7.05 Å². The number of hydrogen-bond acceptors (Lipinski definition) is 4. The molecule has 0 aromatic carbocycles. The maximum absolute atomic E-state index is 13.2. The molecule has 1 aromatic heterocycles. The van der Waals surface area contributed by atoms with Crippen LogP contribution in [0.15, 0.2) is 23.1 Å². The van der Waals surface area contributed by atoms with Gasteiger partial charge in [0.2, 0.25) is 5.56 Å². The monoisotopic (exact) mass is 332 g/mol. The number of carbonyl (C=O) groups is 1. The molecule has 1 fully saturated rings. The molecule has 0 saturated carbocycles. The maximum Gasteiger partial charge on any atom is 0.405 e. The first-order chi connectivity index (χ1) is 10.8. The lowest BCUT2D eigenvalue weighted by atomic mass is 10.2. The van der Waals surface area contributed by atoms with Crippen LogP contribution in [0.3, 0.4) is 0 Å². The zero-order chi connectivity index (χ0) is 17.0. The average molecular weight is 332 g/mol. The van der Waals surface area contributed by atoms with Crippen LogP contribution in [0.4, 0.5) is 13.2 Å². The number of halogens is 3. The Labute approximate surface area is 131 Å². The summed E-state index contributed by atoms with van der Waals surface area (Å²) < 4.78 is 40.8. The van der Waals surface area contributed by atoms with Gasteiger partial charge in [0.15, 0.2) is 0 Å². The summed E-state index contributed by atoms with van der Waals surface area (Å²) in [6, 6.07) is 0.776. The van der Waals surface area contributed by atoms with Crippen molar-refractivity contribution >= 4 is 5.91 Å². The molecule has 2 heterocycles. The van der Waals surface area contributed by atoms with E-state index in [2.05, 4.69) is 10.6 Å². The number of hydrogen-bond donors (Lipinski definition) is 2. The number of piperazine rings is 1. The SMILES string of the molecule is Cn1cc(C(=O)NCC(N2CCNCC2)C(F)(F)F)ccc1=O. The minimum Gasteiger partial charge on any atom is -0.350 e. The van der Waals surface area contributed by atoms with Gasteiger partial charge in [-0.25, -0.2) is 0 Å². The van der Waals surface area contributed by atoms with Gasteiger partial charge in [-0.2, -0.15) is 13.2 Å². The van der Waals surface area contributed by atoms with Crippen LogP contribution in [-0.2, 0) is 7.05 Å². The molecule has 2 N–H and O–H groups in total. The number of nitrogens with one attached hydrogen (secondary N) is 2. The van der Waals surface area contributed by atoms with Gasteiger partial charge in [-0.1, -0.05) is 0 Å². The number of aromatic nitrogens is 1. The summed E-state index contributed by atoms with van der Waals surface area (Å²) in [5.41, 5.74) is -0.149. The zero-order valence-electron chi connectivity index (χ0n) is 12.7. The summed E-state index contributed by atoms with van der Waals surface area (Å²) in [7, 11) is 1.47. The largest absolute Gasteiger partial charge is 0.405 e. The highest BCUT2D eigenvalue weighted by atomic mass is 19.4. The van der Waals surface area contributed by atoms with Crippen molar-refractivity contribution in [1.82, 2.24) is 20.1 Å². The van der Waals surface area contributed by atoms with E-state index in [1.165, 1.54) is 34.8 Å². The van der Waals surface area contributed by atoms with Crippen LogP contribution >= 0.6 is 0 Å². The number of rotatable bonds is 4. The lowest BCUT2D eigenvalue weighted by Crippen LogP contribution is -2.57. The highest BCUT2D eigenvalue weighted by Crippen LogP contribution is 2.24. The molecule has 0 bridgehead atoms. The predicted octanol–water partition coefficient (Wildman–Crippen LogP) is -0.0488. The molecular weight excluding hydrogens is 313 g/mol. The molecule has 6 nitrogen and oxygen atoms in total. The van der Waals surface area contributed by atoms with E-state index in [0.717, 1.165) is 0 Å². The van der Waals surface area contributed by atoms with Gasteiger partial charge < -0.3 is 15.2 Å². The Kier molecular flexibility index (Phi) is 5.42. The molecule has 1 aliphatic rings. The van der Waals surface area contributed by atoms with Gasteiger partial charge in [0.25, 0.3) is 5.91 Å². The van der Waals surface area contributed by atoms with E-state index in [0.29, 0.717) is 13.1 Å². The minimum absolute atomic E-state index is 0.147. The molecule has 23 heavy (non-hydrogen) atoms. The van der Waals surface area contributed by atoms with Gasteiger partial charge in [0.1, 0.15) is 6.04 Å². The topological polar surface area (TPSA) is 66.4 Å². The predicted molar refractivity (Wildman–Crippen MR) is 78.3 cm³/mol. The van der Waals surface area contributed by atoms with E-state index in [-0.39, 0.29) is 24.2 Å². The molecule has 0 spiro atoms. The van der Waals surface area contributed by atoms with Gasteiger partial charge in [0.05, 0.1) is 5.56 Å². The van der Waals surface area contributed by atoms with E-state index in [4.69, 9.17) is 0 Å². The first-order valence-corrected chi connectivity index (χ1v) is 7.25. The summed E-state index contributed by atoms with van der Waals surface area (Å²) in [5.74, 6) is -0.634. The Bertz CT molecular complexity index is 609. The molecule has 2 rings (SSSR count). The van der Waals surface area contributed by atoms with E-state index in [1.54, 1.807) is 0 Å². The number of pyridine rings is 1. The number of amides is 1. The molecule has 0 radical (unpaired) electrons. The van der Waals surface area contributed by atoms with E-state index in [9.17, 15) is 22.8 Å². The van der Waals surface area contributed by atoms with Crippen molar-refractivity contribution in [2.75, 3.05) is 32.7 Å². The zero-order valence-corrected chi connectivity index (χ0v) is 12.7. The van der Waals surface area contributed by atoms with E-state index in [1.807, 2.05) is 0 Å². The molecule has 9 heteroatoms. The third kappa shape index (κ3) is 4.55. The minimum atomic E-state index is -4.42. The Morgan fingerprint density at radius 2 is 2.00 bits per heavy atom. The summed E-state index contributed by atoms with van der Waals surface area (Å²) in [4.78, 5) is 24.6. The van der Waals surface area contributed by atoms with Crippen molar-refractivity contribution in [3.8, 4) is 0 Å². The van der Waals surface area contributed by atoms with Crippen LogP contribution in [-0.4, -0.2) is 60.3 Å². The molecule has 1 aromatic rings. The van der Waals surface area contributed by atoms with Crippen molar-refractivity contribution in [2.45, 2.75) is 12.2 Å². The fourth-order valence-electron chi connectivity index (χ4n) is 2.47. The summed E-state index contributed by atoms with van der Waals surface area (Å²) in [6.45, 7) is 1.01. The van der Waals surface area contributed by atoms with E-state index < -0.39 is 24.7 Å². The highest BCUT2D eigenvalue weighted by molar-refractivity contribution is 5.93. The molecule has 1 atom stereocenters. The van der Waals surface area contributed by atoms with Crippen molar-refractivity contribution in [3.05, 3.63) is 34.2 Å². The fourth-order valence-corrected chi connectivity index (χ4v) is 2.47. The highest BCUT2D eigenvalue weighted by Gasteiger charge is 2.43. The fraction of sp³-hybridized carbons (Fsp3) is 0.571. The second-order valence-corrected chi connectivity index (χ2v) is 5.42.